The van der Waals surface area contributed by atoms with Crippen LogP contribution in [0.5, 0.6) is 0 Å². The Morgan fingerprint density at radius 2 is 1.10 bits per heavy atom. The van der Waals surface area contributed by atoms with Crippen molar-refractivity contribution in [3.8, 4) is 0 Å². The van der Waals surface area contributed by atoms with Gasteiger partial charge in [0.05, 0.1) is 21.7 Å². The summed E-state index contributed by atoms with van der Waals surface area (Å²) in [4.78, 5) is 32.7. The quantitative estimate of drug-likeness (QED) is 0.734. The van der Waals surface area contributed by atoms with Gasteiger partial charge in [-0.1, -0.05) is 24.3 Å². The first-order valence-electron chi connectivity index (χ1n) is 5.84. The maximum atomic E-state index is 12.7. The zero-order chi connectivity index (χ0) is 15.6. The zero-order valence-corrected chi connectivity index (χ0v) is 11.5. The van der Waals surface area contributed by atoms with Gasteiger partial charge in [-0.2, -0.15) is 0 Å². The Bertz CT molecular complexity index is 706. The molecule has 0 bridgehead atoms. The Labute approximate surface area is 119 Å². The van der Waals surface area contributed by atoms with Crippen LogP contribution in [0, 0.1) is 0 Å². The molecule has 7 heteroatoms. The molecular formula is C14H11O6P. The molecule has 21 heavy (non-hydrogen) atoms. The van der Waals surface area contributed by atoms with E-state index in [4.69, 9.17) is 10.2 Å². The number of carboxylic acids is 2. The van der Waals surface area contributed by atoms with Gasteiger partial charge < -0.3 is 15.1 Å². The lowest BCUT2D eigenvalue weighted by Crippen LogP contribution is -2.25. The first-order valence-corrected chi connectivity index (χ1v) is 7.50. The minimum atomic E-state index is -4.34. The number of benzene rings is 2. The molecule has 0 aliphatic carbocycles. The van der Waals surface area contributed by atoms with E-state index in [9.17, 15) is 19.0 Å². The van der Waals surface area contributed by atoms with Crippen molar-refractivity contribution >= 4 is 29.9 Å². The lowest BCUT2D eigenvalue weighted by Gasteiger charge is -2.16. The SMILES string of the molecule is O=C(O)c1ccccc1P(=O)(O)c1ccccc1C(=O)O. The molecule has 0 saturated carbocycles. The van der Waals surface area contributed by atoms with E-state index >= 15 is 0 Å². The summed E-state index contributed by atoms with van der Waals surface area (Å²) in [6.45, 7) is 0. The normalized spacial score (nSPS) is 11.1. The highest BCUT2D eigenvalue weighted by molar-refractivity contribution is 7.73. The molecule has 0 fully saturated rings. The molecule has 108 valence electrons. The minimum absolute atomic E-state index is 0.300. The van der Waals surface area contributed by atoms with E-state index in [0.717, 1.165) is 0 Å². The Morgan fingerprint density at radius 3 is 1.43 bits per heavy atom. The maximum Gasteiger partial charge on any atom is 0.336 e. The van der Waals surface area contributed by atoms with E-state index in [1.54, 1.807) is 0 Å². The number of hydrogen-bond donors (Lipinski definition) is 3. The van der Waals surface area contributed by atoms with Gasteiger partial charge in [-0.25, -0.2) is 9.59 Å². The predicted molar refractivity (Wildman–Crippen MR) is 75.9 cm³/mol. The monoisotopic (exact) mass is 306 g/mol. The van der Waals surface area contributed by atoms with Crippen LogP contribution in [0.15, 0.2) is 48.5 Å². The van der Waals surface area contributed by atoms with E-state index < -0.39 is 19.3 Å². The van der Waals surface area contributed by atoms with Crippen LogP contribution < -0.4 is 10.6 Å². The van der Waals surface area contributed by atoms with Crippen LogP contribution in [-0.2, 0) is 4.57 Å². The van der Waals surface area contributed by atoms with E-state index in [-0.39, 0.29) is 21.7 Å². The summed E-state index contributed by atoms with van der Waals surface area (Å²) in [6, 6.07) is 10.5. The van der Waals surface area contributed by atoms with Gasteiger partial charge >= 0.3 is 11.9 Å². The standard InChI is InChI=1S/C14H11O6P/c15-13(16)9-5-1-3-7-11(9)21(19,20)12-8-4-2-6-10(12)14(17)18/h1-8H,(H,15,16)(H,17,18)(H,19,20). The van der Waals surface area contributed by atoms with Crippen LogP contribution in [0.4, 0.5) is 0 Å². The third-order valence-corrected chi connectivity index (χ3v) is 5.01. The molecule has 2 aromatic carbocycles. The second-order valence-electron chi connectivity index (χ2n) is 4.22. The van der Waals surface area contributed by atoms with Gasteiger partial charge in [0.2, 0.25) is 0 Å². The molecule has 6 nitrogen and oxygen atoms in total. The molecule has 0 heterocycles. The van der Waals surface area contributed by atoms with E-state index in [1.807, 2.05) is 0 Å². The molecule has 0 radical (unpaired) electrons. The second-order valence-corrected chi connectivity index (χ2v) is 6.34. The summed E-state index contributed by atoms with van der Waals surface area (Å²) in [6.07, 6.45) is 0. The summed E-state index contributed by atoms with van der Waals surface area (Å²) in [5, 5.41) is 17.6. The molecule has 0 aliphatic rings. The lowest BCUT2D eigenvalue weighted by atomic mass is 10.2. The summed E-state index contributed by atoms with van der Waals surface area (Å²) >= 11 is 0. The van der Waals surface area contributed by atoms with Gasteiger partial charge in [0.25, 0.3) is 7.37 Å². The van der Waals surface area contributed by atoms with Crippen molar-refractivity contribution in [2.75, 3.05) is 0 Å². The van der Waals surface area contributed by atoms with Crippen molar-refractivity contribution < 1.29 is 29.3 Å². The topological polar surface area (TPSA) is 112 Å². The van der Waals surface area contributed by atoms with Gasteiger partial charge in [0, 0.05) is 0 Å². The number of carboxylic acid groups (broad SMARTS) is 2. The maximum absolute atomic E-state index is 12.7. The van der Waals surface area contributed by atoms with Crippen molar-refractivity contribution in [2.24, 2.45) is 0 Å². The smallest absolute Gasteiger partial charge is 0.336 e. The molecule has 0 atom stereocenters. The second kappa shape index (κ2) is 5.52. The van der Waals surface area contributed by atoms with Crippen LogP contribution in [-0.4, -0.2) is 27.0 Å². The summed E-state index contributed by atoms with van der Waals surface area (Å²) in [5.74, 6) is -2.71. The highest BCUT2D eigenvalue weighted by Gasteiger charge is 2.32. The van der Waals surface area contributed by atoms with Crippen LogP contribution >= 0.6 is 7.37 Å². The van der Waals surface area contributed by atoms with Crippen molar-refractivity contribution in [2.45, 2.75) is 0 Å². The van der Waals surface area contributed by atoms with Crippen LogP contribution in [0.1, 0.15) is 20.7 Å². The number of rotatable bonds is 4. The minimum Gasteiger partial charge on any atom is -0.478 e. The molecule has 2 rings (SSSR count). The fourth-order valence-corrected chi connectivity index (χ4v) is 3.80. The third kappa shape index (κ3) is 2.72. The van der Waals surface area contributed by atoms with E-state index in [1.165, 1.54) is 48.5 Å². The van der Waals surface area contributed by atoms with Crippen LogP contribution in [0.3, 0.4) is 0 Å². The fraction of sp³-hybridized carbons (Fsp3) is 0. The summed E-state index contributed by atoms with van der Waals surface area (Å²) < 4.78 is 12.7. The van der Waals surface area contributed by atoms with Crippen molar-refractivity contribution in [1.29, 1.82) is 0 Å². The van der Waals surface area contributed by atoms with Crippen molar-refractivity contribution in [1.82, 2.24) is 0 Å². The zero-order valence-electron chi connectivity index (χ0n) is 10.6. The molecule has 0 spiro atoms. The molecule has 0 aliphatic heterocycles. The molecule has 0 saturated heterocycles. The van der Waals surface area contributed by atoms with E-state index in [0.29, 0.717) is 0 Å². The van der Waals surface area contributed by atoms with Crippen LogP contribution in [0.25, 0.3) is 0 Å². The third-order valence-electron chi connectivity index (χ3n) is 2.92. The Hall–Kier alpha value is -2.43. The molecule has 0 aromatic heterocycles. The van der Waals surface area contributed by atoms with E-state index in [2.05, 4.69) is 0 Å². The lowest BCUT2D eigenvalue weighted by molar-refractivity contribution is 0.0688. The average Bonchev–Trinajstić information content (AvgIpc) is 2.47. The molecule has 0 unspecified atom stereocenters. The summed E-state index contributed by atoms with van der Waals surface area (Å²) in [7, 11) is -4.34. The molecule has 3 N–H and O–H groups in total. The molecular weight excluding hydrogens is 295 g/mol. The van der Waals surface area contributed by atoms with Gasteiger partial charge in [-0.15, -0.1) is 0 Å². The Morgan fingerprint density at radius 1 is 0.762 bits per heavy atom. The fourth-order valence-electron chi connectivity index (χ4n) is 1.97. The number of carbonyl (C=O) groups is 2. The highest BCUT2D eigenvalue weighted by Crippen LogP contribution is 2.40. The van der Waals surface area contributed by atoms with Gasteiger partial charge in [0.1, 0.15) is 0 Å². The van der Waals surface area contributed by atoms with Gasteiger partial charge in [0.15, 0.2) is 0 Å². The van der Waals surface area contributed by atoms with Crippen molar-refractivity contribution in [3.05, 3.63) is 59.7 Å². The summed E-state index contributed by atoms with van der Waals surface area (Å²) in [5.41, 5.74) is -0.660. The van der Waals surface area contributed by atoms with Crippen LogP contribution in [0.2, 0.25) is 0 Å². The molecule has 2 aromatic rings. The Kier molecular flexibility index (Phi) is 3.93. The predicted octanol–water partition coefficient (Wildman–Crippen LogP) is 1.30. The highest BCUT2D eigenvalue weighted by atomic mass is 31.2. The average molecular weight is 306 g/mol. The molecule has 0 amide bonds. The number of aromatic carboxylic acids is 2. The Balaban J connectivity index is 2.72. The van der Waals surface area contributed by atoms with Crippen molar-refractivity contribution in [3.63, 3.8) is 0 Å². The first kappa shape index (κ1) is 15.0. The number of hydrogen-bond acceptors (Lipinski definition) is 3. The largest absolute Gasteiger partial charge is 0.478 e. The van der Waals surface area contributed by atoms with Gasteiger partial charge in [-0.05, 0) is 24.3 Å². The first-order chi connectivity index (χ1) is 9.85. The van der Waals surface area contributed by atoms with Gasteiger partial charge in [-0.3, -0.25) is 4.57 Å².